The highest BCUT2D eigenvalue weighted by molar-refractivity contribution is 6.31. The number of benzene rings is 3. The van der Waals surface area contributed by atoms with E-state index < -0.39 is 5.97 Å². The number of rotatable bonds is 5. The summed E-state index contributed by atoms with van der Waals surface area (Å²) in [6.07, 6.45) is 0. The number of H-pyrrole nitrogens is 1. The van der Waals surface area contributed by atoms with Gasteiger partial charge in [0.15, 0.2) is 5.43 Å². The molecule has 0 radical (unpaired) electrons. The van der Waals surface area contributed by atoms with Crippen LogP contribution in [0.4, 0.5) is 5.69 Å². The minimum atomic E-state index is -1.08. The van der Waals surface area contributed by atoms with E-state index in [-0.39, 0.29) is 17.0 Å². The summed E-state index contributed by atoms with van der Waals surface area (Å²) in [5.41, 5.74) is 5.97. The molecule has 0 aliphatic heterocycles. The summed E-state index contributed by atoms with van der Waals surface area (Å²) in [4.78, 5) is 28.6. The van der Waals surface area contributed by atoms with Gasteiger partial charge in [0, 0.05) is 44.0 Å². The lowest BCUT2D eigenvalue weighted by molar-refractivity contribution is 0.0698. The Bertz CT molecular complexity index is 1730. The van der Waals surface area contributed by atoms with Gasteiger partial charge in [-0.15, -0.1) is 0 Å². The van der Waals surface area contributed by atoms with Crippen LogP contribution in [0.2, 0.25) is 5.02 Å². The number of carboxylic acids is 1. The fourth-order valence-corrected chi connectivity index (χ4v) is 4.89. The van der Waals surface area contributed by atoms with Gasteiger partial charge >= 0.3 is 5.97 Å². The van der Waals surface area contributed by atoms with E-state index in [4.69, 9.17) is 16.0 Å². The van der Waals surface area contributed by atoms with Crippen LogP contribution in [0, 0.1) is 20.8 Å². The molecule has 0 fully saturated rings. The van der Waals surface area contributed by atoms with Crippen LogP contribution in [0.5, 0.6) is 0 Å². The summed E-state index contributed by atoms with van der Waals surface area (Å²) in [6, 6.07) is 16.1. The average molecular weight is 501 g/mol. The molecule has 0 amide bonds. The van der Waals surface area contributed by atoms with Gasteiger partial charge in [0.1, 0.15) is 11.3 Å². The second-order valence-electron chi connectivity index (χ2n) is 9.23. The van der Waals surface area contributed by atoms with Crippen molar-refractivity contribution in [2.45, 2.75) is 33.7 Å². The average Bonchev–Trinajstić information content (AvgIpc) is 3.21. The Morgan fingerprint density at radius 3 is 2.58 bits per heavy atom. The van der Waals surface area contributed by atoms with Crippen molar-refractivity contribution in [1.82, 2.24) is 4.98 Å². The van der Waals surface area contributed by atoms with E-state index in [1.54, 1.807) is 19.1 Å². The maximum absolute atomic E-state index is 13.5. The Labute approximate surface area is 212 Å². The maximum Gasteiger partial charge on any atom is 0.337 e. The number of hydrogen-bond donors (Lipinski definition) is 3. The van der Waals surface area contributed by atoms with Gasteiger partial charge in [0.05, 0.1) is 17.0 Å². The number of fused-ring (bicyclic) bond motifs is 2. The molecule has 36 heavy (non-hydrogen) atoms. The van der Waals surface area contributed by atoms with Gasteiger partial charge in [-0.25, -0.2) is 4.79 Å². The summed E-state index contributed by atoms with van der Waals surface area (Å²) >= 11 is 6.02. The van der Waals surface area contributed by atoms with Gasteiger partial charge in [-0.3, -0.25) is 4.79 Å². The standard InChI is InChI=1S/C29H25ClN2O4/c1-14-9-21(17(4)32-25-8-6-20(30)13-22(25)29(34)35)28-23(10-14)26(33)16(3)27(36-28)18-5-7-24-19(12-18)11-15(2)31-24/h5-13,17,31-32H,1-4H3,(H,34,35)/t17-/m1/s1. The van der Waals surface area contributed by atoms with Crippen LogP contribution in [0.3, 0.4) is 0 Å². The van der Waals surface area contributed by atoms with Crippen LogP contribution in [-0.4, -0.2) is 16.1 Å². The molecule has 5 rings (SSSR count). The van der Waals surface area contributed by atoms with Crippen molar-refractivity contribution in [1.29, 1.82) is 0 Å². The lowest BCUT2D eigenvalue weighted by atomic mass is 9.98. The molecule has 0 bridgehead atoms. The van der Waals surface area contributed by atoms with Crippen LogP contribution < -0.4 is 10.7 Å². The number of carbonyl (C=O) groups is 1. The van der Waals surface area contributed by atoms with Gasteiger partial charge in [-0.2, -0.15) is 0 Å². The topological polar surface area (TPSA) is 95.3 Å². The van der Waals surface area contributed by atoms with Crippen molar-refractivity contribution in [3.8, 4) is 11.3 Å². The minimum absolute atomic E-state index is 0.0689. The zero-order chi connectivity index (χ0) is 25.7. The molecule has 1 atom stereocenters. The fraction of sp³-hybridized carbons (Fsp3) is 0.172. The van der Waals surface area contributed by atoms with Crippen molar-refractivity contribution in [2.24, 2.45) is 0 Å². The molecule has 7 heteroatoms. The minimum Gasteiger partial charge on any atom is -0.478 e. The van der Waals surface area contributed by atoms with E-state index in [2.05, 4.69) is 16.4 Å². The van der Waals surface area contributed by atoms with E-state index in [0.717, 1.165) is 33.3 Å². The van der Waals surface area contributed by atoms with Gasteiger partial charge in [-0.05, 0) is 81.8 Å². The van der Waals surface area contributed by atoms with E-state index in [1.165, 1.54) is 6.07 Å². The van der Waals surface area contributed by atoms with Gasteiger partial charge in [0.2, 0.25) is 0 Å². The number of hydrogen-bond acceptors (Lipinski definition) is 4. The quantitative estimate of drug-likeness (QED) is 0.234. The highest BCUT2D eigenvalue weighted by Crippen LogP contribution is 2.34. The van der Waals surface area contributed by atoms with Crippen LogP contribution in [0.15, 0.2) is 63.8 Å². The van der Waals surface area contributed by atoms with Crippen molar-refractivity contribution in [3.05, 3.63) is 97.8 Å². The molecule has 2 aromatic heterocycles. The first-order valence-electron chi connectivity index (χ1n) is 11.6. The maximum atomic E-state index is 13.5. The first-order chi connectivity index (χ1) is 17.1. The van der Waals surface area contributed by atoms with Crippen molar-refractivity contribution >= 4 is 45.1 Å². The van der Waals surface area contributed by atoms with Crippen molar-refractivity contribution < 1.29 is 14.3 Å². The van der Waals surface area contributed by atoms with E-state index in [1.807, 2.05) is 51.1 Å². The molecule has 0 aliphatic rings. The zero-order valence-electron chi connectivity index (χ0n) is 20.3. The number of anilines is 1. The summed E-state index contributed by atoms with van der Waals surface area (Å²) in [6.45, 7) is 7.61. The summed E-state index contributed by atoms with van der Waals surface area (Å²) in [5, 5.41) is 14.8. The first kappa shape index (κ1) is 23.7. The zero-order valence-corrected chi connectivity index (χ0v) is 21.1. The third kappa shape index (κ3) is 4.14. The van der Waals surface area contributed by atoms with Crippen LogP contribution in [0.25, 0.3) is 33.2 Å². The van der Waals surface area contributed by atoms with Gasteiger partial charge in [-0.1, -0.05) is 17.7 Å². The molecule has 0 aliphatic carbocycles. The SMILES string of the molecule is Cc1cc([C@@H](C)Nc2ccc(Cl)cc2C(=O)O)c2oc(-c3ccc4[nH]c(C)cc4c3)c(C)c(=O)c2c1. The first-order valence-corrected chi connectivity index (χ1v) is 12.0. The van der Waals surface area contributed by atoms with Gasteiger partial charge < -0.3 is 19.8 Å². The molecule has 0 unspecified atom stereocenters. The normalized spacial score (nSPS) is 12.2. The monoisotopic (exact) mass is 500 g/mol. The number of carboxylic acid groups (broad SMARTS) is 1. The fourth-order valence-electron chi connectivity index (χ4n) is 4.71. The Morgan fingerprint density at radius 1 is 1.06 bits per heavy atom. The predicted octanol–water partition coefficient (Wildman–Crippen LogP) is 7.39. The molecule has 3 N–H and O–H groups in total. The lowest BCUT2D eigenvalue weighted by Crippen LogP contribution is -2.14. The highest BCUT2D eigenvalue weighted by atomic mass is 35.5. The summed E-state index contributed by atoms with van der Waals surface area (Å²) in [7, 11) is 0. The Balaban J connectivity index is 1.67. The van der Waals surface area contributed by atoms with Gasteiger partial charge in [0.25, 0.3) is 0 Å². The van der Waals surface area contributed by atoms with Crippen molar-refractivity contribution in [2.75, 3.05) is 5.32 Å². The molecule has 0 saturated heterocycles. The van der Waals surface area contributed by atoms with E-state index in [0.29, 0.717) is 33.0 Å². The predicted molar refractivity (Wildman–Crippen MR) is 144 cm³/mol. The summed E-state index contributed by atoms with van der Waals surface area (Å²) < 4.78 is 6.47. The number of halogens is 1. The molecular formula is C29H25ClN2O4. The second-order valence-corrected chi connectivity index (χ2v) is 9.67. The molecular weight excluding hydrogens is 476 g/mol. The third-order valence-corrected chi connectivity index (χ3v) is 6.70. The smallest absolute Gasteiger partial charge is 0.337 e. The lowest BCUT2D eigenvalue weighted by Gasteiger charge is -2.20. The van der Waals surface area contributed by atoms with E-state index >= 15 is 0 Å². The number of aromatic carboxylic acids is 1. The number of aromatic nitrogens is 1. The molecule has 3 aromatic carbocycles. The molecule has 5 aromatic rings. The Morgan fingerprint density at radius 2 is 1.83 bits per heavy atom. The number of nitrogens with one attached hydrogen (secondary N) is 2. The van der Waals surface area contributed by atoms with E-state index in [9.17, 15) is 14.7 Å². The van der Waals surface area contributed by atoms with Crippen LogP contribution in [-0.2, 0) is 0 Å². The summed E-state index contributed by atoms with van der Waals surface area (Å²) in [5.74, 6) is -0.565. The van der Waals surface area contributed by atoms with Crippen molar-refractivity contribution in [3.63, 3.8) is 0 Å². The number of aromatic amines is 1. The van der Waals surface area contributed by atoms with Crippen LogP contribution in [0.1, 0.15) is 45.7 Å². The highest BCUT2D eigenvalue weighted by Gasteiger charge is 2.21. The molecule has 0 spiro atoms. The van der Waals surface area contributed by atoms with Crippen LogP contribution >= 0.6 is 11.6 Å². The Hall–Kier alpha value is -4.03. The second kappa shape index (κ2) is 8.88. The Kier molecular flexibility index (Phi) is 5.85. The molecule has 0 saturated carbocycles. The molecule has 2 heterocycles. The molecule has 6 nitrogen and oxygen atoms in total. The third-order valence-electron chi connectivity index (χ3n) is 6.46. The molecule has 182 valence electrons. The number of aryl methyl sites for hydroxylation is 2. The largest absolute Gasteiger partial charge is 0.478 e.